The van der Waals surface area contributed by atoms with E-state index < -0.39 is 42.2 Å². The number of aryl methyl sites for hydroxylation is 1. The Morgan fingerprint density at radius 2 is 1.73 bits per heavy atom. The Kier molecular flexibility index (Phi) is 10.9. The van der Waals surface area contributed by atoms with Crippen LogP contribution < -0.4 is 10.6 Å². The van der Waals surface area contributed by atoms with Crippen molar-refractivity contribution in [3.63, 3.8) is 0 Å². The predicted octanol–water partition coefficient (Wildman–Crippen LogP) is 3.57. The number of alkyl carbamates (subject to hydrolysis) is 1. The van der Waals surface area contributed by atoms with Crippen LogP contribution in [0.5, 0.6) is 5.75 Å². The number of aliphatic hydroxyl groups excluding tert-OH is 1. The molecule has 0 bridgehead atoms. The molecule has 0 aliphatic rings. The molecule has 2 aromatic rings. The Hall–Kier alpha value is -3.59. The number of benzene rings is 2. The van der Waals surface area contributed by atoms with Gasteiger partial charge in [-0.05, 0) is 45.2 Å². The zero-order valence-corrected chi connectivity index (χ0v) is 22.3. The first-order chi connectivity index (χ1) is 17.5. The van der Waals surface area contributed by atoms with Crippen LogP contribution in [0.25, 0.3) is 0 Å². The van der Waals surface area contributed by atoms with Gasteiger partial charge in [-0.15, -0.1) is 0 Å². The molecule has 0 spiro atoms. The first kappa shape index (κ1) is 29.6. The van der Waals surface area contributed by atoms with Crippen LogP contribution in [0.1, 0.15) is 63.3 Å². The first-order valence-corrected chi connectivity index (χ1v) is 12.5. The fourth-order valence-corrected chi connectivity index (χ4v) is 3.77. The Morgan fingerprint density at radius 1 is 1.05 bits per heavy atom. The van der Waals surface area contributed by atoms with Crippen molar-refractivity contribution in [1.29, 1.82) is 0 Å². The zero-order valence-electron chi connectivity index (χ0n) is 22.3. The highest BCUT2D eigenvalue weighted by Gasteiger charge is 2.37. The molecule has 0 aliphatic carbocycles. The molecule has 202 valence electrons. The lowest BCUT2D eigenvalue weighted by Crippen LogP contribution is -2.54. The SMILES string of the molecule is CCCCN(C(=O)C(CO)NC(=O)OC(C)(C)C)C(C(=O)NCc1ccccc1)c1cccc(C)c1O. The predicted molar refractivity (Wildman–Crippen MR) is 141 cm³/mol. The topological polar surface area (TPSA) is 128 Å². The van der Waals surface area contributed by atoms with Gasteiger partial charge >= 0.3 is 6.09 Å². The summed E-state index contributed by atoms with van der Waals surface area (Å²) in [5.41, 5.74) is 0.868. The number of hydrogen-bond donors (Lipinski definition) is 4. The van der Waals surface area contributed by atoms with E-state index in [-0.39, 0.29) is 24.4 Å². The minimum absolute atomic E-state index is 0.0997. The van der Waals surface area contributed by atoms with Gasteiger partial charge in [0.1, 0.15) is 23.4 Å². The summed E-state index contributed by atoms with van der Waals surface area (Å²) in [6, 6.07) is 11.8. The third-order valence-corrected chi connectivity index (χ3v) is 5.64. The third kappa shape index (κ3) is 8.78. The highest BCUT2D eigenvalue weighted by molar-refractivity contribution is 5.92. The molecule has 0 fully saturated rings. The van der Waals surface area contributed by atoms with Gasteiger partial charge in [-0.1, -0.05) is 61.9 Å². The normalized spacial score (nSPS) is 12.8. The van der Waals surface area contributed by atoms with Gasteiger partial charge in [0, 0.05) is 18.7 Å². The fourth-order valence-electron chi connectivity index (χ4n) is 3.77. The van der Waals surface area contributed by atoms with Crippen molar-refractivity contribution in [2.75, 3.05) is 13.2 Å². The molecule has 2 unspecified atom stereocenters. The third-order valence-electron chi connectivity index (χ3n) is 5.64. The van der Waals surface area contributed by atoms with Crippen molar-refractivity contribution in [2.45, 2.75) is 71.7 Å². The molecule has 0 aliphatic heterocycles. The van der Waals surface area contributed by atoms with E-state index >= 15 is 0 Å². The summed E-state index contributed by atoms with van der Waals surface area (Å²) in [4.78, 5) is 41.0. The summed E-state index contributed by atoms with van der Waals surface area (Å²) in [5.74, 6) is -1.26. The van der Waals surface area contributed by atoms with E-state index in [0.29, 0.717) is 12.0 Å². The molecule has 9 nitrogen and oxygen atoms in total. The Labute approximate surface area is 218 Å². The number of carbonyl (C=O) groups is 3. The van der Waals surface area contributed by atoms with Gasteiger partial charge in [0.25, 0.3) is 0 Å². The van der Waals surface area contributed by atoms with Crippen LogP contribution in [0.15, 0.2) is 48.5 Å². The number of aliphatic hydroxyl groups is 1. The molecular formula is C28H39N3O6. The second-order valence-electron chi connectivity index (χ2n) is 9.89. The maximum absolute atomic E-state index is 13.7. The van der Waals surface area contributed by atoms with Crippen molar-refractivity contribution >= 4 is 17.9 Å². The van der Waals surface area contributed by atoms with E-state index in [1.807, 2.05) is 37.3 Å². The molecule has 0 heterocycles. The van der Waals surface area contributed by atoms with Crippen molar-refractivity contribution in [2.24, 2.45) is 0 Å². The summed E-state index contributed by atoms with van der Waals surface area (Å²) in [7, 11) is 0. The summed E-state index contributed by atoms with van der Waals surface area (Å²) < 4.78 is 5.24. The lowest BCUT2D eigenvalue weighted by Gasteiger charge is -2.34. The van der Waals surface area contributed by atoms with E-state index in [0.717, 1.165) is 12.0 Å². The first-order valence-electron chi connectivity index (χ1n) is 12.5. The standard InChI is InChI=1S/C28H39N3O6/c1-6-7-16-31(26(35)22(18-32)30-27(36)37-28(3,4)5)23(21-15-11-12-19(2)24(21)33)25(34)29-17-20-13-9-8-10-14-20/h8-15,22-23,32-33H,6-7,16-18H2,1-5H3,(H,29,34)(H,30,36). The average Bonchev–Trinajstić information content (AvgIpc) is 2.85. The number of unbranched alkanes of at least 4 members (excludes halogenated alkanes) is 1. The van der Waals surface area contributed by atoms with Crippen molar-refractivity contribution < 1.29 is 29.3 Å². The number of carbonyl (C=O) groups excluding carboxylic acids is 3. The van der Waals surface area contributed by atoms with Crippen LogP contribution in [-0.4, -0.2) is 57.8 Å². The number of ether oxygens (including phenoxy) is 1. The Bertz CT molecular complexity index is 1050. The van der Waals surface area contributed by atoms with Gasteiger partial charge < -0.3 is 30.5 Å². The molecule has 3 amide bonds. The molecule has 0 aromatic heterocycles. The van der Waals surface area contributed by atoms with Gasteiger partial charge in [0.2, 0.25) is 11.8 Å². The number of nitrogens with one attached hydrogen (secondary N) is 2. The second-order valence-corrected chi connectivity index (χ2v) is 9.89. The monoisotopic (exact) mass is 513 g/mol. The molecule has 2 rings (SSSR count). The van der Waals surface area contributed by atoms with E-state index in [4.69, 9.17) is 4.74 Å². The largest absolute Gasteiger partial charge is 0.507 e. The molecule has 0 radical (unpaired) electrons. The Balaban J connectivity index is 2.45. The summed E-state index contributed by atoms with van der Waals surface area (Å²) in [6.45, 7) is 8.39. The number of hydrogen-bond acceptors (Lipinski definition) is 6. The minimum Gasteiger partial charge on any atom is -0.507 e. The molecule has 0 saturated heterocycles. The number of rotatable bonds is 11. The highest BCUT2D eigenvalue weighted by Crippen LogP contribution is 2.32. The minimum atomic E-state index is -1.34. The number of phenolic OH excluding ortho intramolecular Hbond substituents is 1. The molecule has 9 heteroatoms. The number of aromatic hydroxyl groups is 1. The molecule has 2 atom stereocenters. The van der Waals surface area contributed by atoms with Gasteiger partial charge in [-0.25, -0.2) is 4.79 Å². The van der Waals surface area contributed by atoms with Crippen LogP contribution in [-0.2, 0) is 20.9 Å². The van der Waals surface area contributed by atoms with Crippen LogP contribution in [0.3, 0.4) is 0 Å². The van der Waals surface area contributed by atoms with Crippen molar-refractivity contribution in [3.8, 4) is 5.75 Å². The van der Waals surface area contributed by atoms with E-state index in [2.05, 4.69) is 10.6 Å². The molecule has 0 saturated carbocycles. The summed E-state index contributed by atoms with van der Waals surface area (Å²) >= 11 is 0. The molecule has 4 N–H and O–H groups in total. The van der Waals surface area contributed by atoms with Crippen molar-refractivity contribution in [1.82, 2.24) is 15.5 Å². The molecule has 37 heavy (non-hydrogen) atoms. The lowest BCUT2D eigenvalue weighted by molar-refractivity contribution is -0.143. The van der Waals surface area contributed by atoms with Crippen LogP contribution in [0.4, 0.5) is 4.79 Å². The van der Waals surface area contributed by atoms with Gasteiger partial charge in [0.15, 0.2) is 0 Å². The van der Waals surface area contributed by atoms with Gasteiger partial charge in [-0.3, -0.25) is 9.59 Å². The number of nitrogens with zero attached hydrogens (tertiary/aromatic N) is 1. The summed E-state index contributed by atoms with van der Waals surface area (Å²) in [5, 5.41) is 26.1. The smallest absolute Gasteiger partial charge is 0.408 e. The number of phenols is 1. The van der Waals surface area contributed by atoms with E-state index in [9.17, 15) is 24.6 Å². The summed E-state index contributed by atoms with van der Waals surface area (Å²) in [6.07, 6.45) is 0.426. The van der Waals surface area contributed by atoms with E-state index in [1.54, 1.807) is 45.9 Å². The van der Waals surface area contributed by atoms with Crippen LogP contribution >= 0.6 is 0 Å². The second kappa shape index (κ2) is 13.6. The van der Waals surface area contributed by atoms with Gasteiger partial charge in [0.05, 0.1) is 6.61 Å². The fraction of sp³-hybridized carbons (Fsp3) is 0.464. The maximum atomic E-state index is 13.7. The van der Waals surface area contributed by atoms with E-state index in [1.165, 1.54) is 4.90 Å². The quantitative estimate of drug-likeness (QED) is 0.364. The Morgan fingerprint density at radius 3 is 2.32 bits per heavy atom. The zero-order chi connectivity index (χ0) is 27.6. The number of para-hydroxylation sites is 1. The van der Waals surface area contributed by atoms with Crippen LogP contribution in [0, 0.1) is 6.92 Å². The molecule has 2 aromatic carbocycles. The maximum Gasteiger partial charge on any atom is 0.408 e. The van der Waals surface area contributed by atoms with Crippen molar-refractivity contribution in [3.05, 3.63) is 65.2 Å². The van der Waals surface area contributed by atoms with Gasteiger partial charge in [-0.2, -0.15) is 0 Å². The highest BCUT2D eigenvalue weighted by atomic mass is 16.6. The number of amides is 3. The van der Waals surface area contributed by atoms with Crippen LogP contribution in [0.2, 0.25) is 0 Å². The average molecular weight is 514 g/mol. The lowest BCUT2D eigenvalue weighted by atomic mass is 9.99. The molecular weight excluding hydrogens is 474 g/mol.